The summed E-state index contributed by atoms with van der Waals surface area (Å²) in [5, 5.41) is 0. The molecule has 0 saturated carbocycles. The molecule has 2 aliphatic rings. The maximum atomic E-state index is 2.46. The number of allylic oxidation sites excluding steroid dienone is 4. The molecule has 0 fully saturated rings. The van der Waals surface area contributed by atoms with Crippen LogP contribution in [0, 0.1) is 0 Å². The second-order valence-corrected chi connectivity index (χ2v) is 14.7. The lowest BCUT2D eigenvalue weighted by atomic mass is 9.67. The fourth-order valence-corrected chi connectivity index (χ4v) is 9.07. The van der Waals surface area contributed by atoms with E-state index in [2.05, 4.69) is 229 Å². The first kappa shape index (κ1) is 33.6. The summed E-state index contributed by atoms with van der Waals surface area (Å²) in [6.07, 6.45) is 9.09. The van der Waals surface area contributed by atoms with Crippen LogP contribution in [0.3, 0.4) is 0 Å². The Labute approximate surface area is 330 Å². The van der Waals surface area contributed by atoms with Crippen molar-refractivity contribution in [2.24, 2.45) is 0 Å². The molecule has 56 heavy (non-hydrogen) atoms. The van der Waals surface area contributed by atoms with Gasteiger partial charge < -0.3 is 4.90 Å². The number of rotatable bonds is 8. The Morgan fingerprint density at radius 2 is 0.893 bits per heavy atom. The lowest BCUT2D eigenvalue weighted by Crippen LogP contribution is -2.28. The first-order chi connectivity index (χ1) is 27.8. The van der Waals surface area contributed by atoms with Crippen LogP contribution >= 0.6 is 0 Å². The molecule has 0 unspecified atom stereocenters. The minimum absolute atomic E-state index is 0.485. The van der Waals surface area contributed by atoms with Crippen LogP contribution in [0.2, 0.25) is 0 Å². The van der Waals surface area contributed by atoms with E-state index in [4.69, 9.17) is 0 Å². The van der Waals surface area contributed by atoms with Gasteiger partial charge in [-0.15, -0.1) is 0 Å². The van der Waals surface area contributed by atoms with E-state index in [-0.39, 0.29) is 0 Å². The third-order valence-electron chi connectivity index (χ3n) is 11.6. The van der Waals surface area contributed by atoms with Crippen LogP contribution in [0.1, 0.15) is 40.7 Å². The molecule has 0 aromatic heterocycles. The highest BCUT2D eigenvalue weighted by molar-refractivity contribution is 5.91. The summed E-state index contributed by atoms with van der Waals surface area (Å²) >= 11 is 0. The van der Waals surface area contributed by atoms with E-state index >= 15 is 0 Å². The molecule has 0 spiro atoms. The van der Waals surface area contributed by atoms with Gasteiger partial charge in [-0.2, -0.15) is 0 Å². The van der Waals surface area contributed by atoms with E-state index in [9.17, 15) is 0 Å². The van der Waals surface area contributed by atoms with Gasteiger partial charge in [0.1, 0.15) is 0 Å². The first-order valence-corrected chi connectivity index (χ1v) is 19.7. The normalized spacial score (nSPS) is 13.8. The van der Waals surface area contributed by atoms with Gasteiger partial charge >= 0.3 is 0 Å². The maximum absolute atomic E-state index is 2.46. The quantitative estimate of drug-likeness (QED) is 0.151. The summed E-state index contributed by atoms with van der Waals surface area (Å²) in [5.74, 6) is 0. The minimum Gasteiger partial charge on any atom is -0.310 e. The van der Waals surface area contributed by atoms with Gasteiger partial charge in [-0.05, 0) is 116 Å². The molecule has 0 atom stereocenters. The van der Waals surface area contributed by atoms with E-state index in [1.807, 2.05) is 0 Å². The molecule has 2 aliphatic carbocycles. The van der Waals surface area contributed by atoms with Gasteiger partial charge in [0.15, 0.2) is 0 Å². The van der Waals surface area contributed by atoms with Crippen LogP contribution in [0.15, 0.2) is 224 Å². The summed E-state index contributed by atoms with van der Waals surface area (Å²) in [6.45, 7) is 0. The number of hydrogen-bond donors (Lipinski definition) is 0. The fraction of sp³-hybridized carbons (Fsp3) is 0.0545. The zero-order valence-corrected chi connectivity index (χ0v) is 31.2. The van der Waals surface area contributed by atoms with Crippen LogP contribution in [-0.2, 0) is 5.41 Å². The van der Waals surface area contributed by atoms with Crippen LogP contribution in [-0.4, -0.2) is 0 Å². The van der Waals surface area contributed by atoms with Crippen molar-refractivity contribution in [2.75, 3.05) is 4.90 Å². The van der Waals surface area contributed by atoms with E-state index in [1.54, 1.807) is 0 Å². The van der Waals surface area contributed by atoms with Gasteiger partial charge in [0.05, 0.1) is 5.41 Å². The fourth-order valence-electron chi connectivity index (χ4n) is 9.07. The largest absolute Gasteiger partial charge is 0.310 e. The van der Waals surface area contributed by atoms with Crippen LogP contribution in [0.4, 0.5) is 17.1 Å². The smallest absolute Gasteiger partial charge is 0.0714 e. The van der Waals surface area contributed by atoms with Crippen molar-refractivity contribution in [3.8, 4) is 33.4 Å². The molecule has 8 aromatic carbocycles. The average Bonchev–Trinajstić information content (AvgIpc) is 3.58. The molecule has 266 valence electrons. The Kier molecular flexibility index (Phi) is 8.61. The summed E-state index contributed by atoms with van der Waals surface area (Å²) in [5.41, 5.74) is 17.9. The molecule has 0 radical (unpaired) electrons. The Hall–Kier alpha value is -6.96. The molecule has 8 aromatic rings. The molecule has 1 heteroatoms. The Morgan fingerprint density at radius 1 is 0.357 bits per heavy atom. The van der Waals surface area contributed by atoms with Crippen molar-refractivity contribution in [1.29, 1.82) is 0 Å². The van der Waals surface area contributed by atoms with Crippen molar-refractivity contribution in [3.63, 3.8) is 0 Å². The first-order valence-electron chi connectivity index (χ1n) is 19.7. The molecule has 0 N–H and O–H groups in total. The second-order valence-electron chi connectivity index (χ2n) is 14.7. The summed E-state index contributed by atoms with van der Waals surface area (Å²) in [4.78, 5) is 2.44. The molecule has 0 bridgehead atoms. The zero-order valence-electron chi connectivity index (χ0n) is 31.2. The average molecular weight is 716 g/mol. The number of hydrogen-bond acceptors (Lipinski definition) is 1. The van der Waals surface area contributed by atoms with E-state index < -0.39 is 5.41 Å². The summed E-state index contributed by atoms with van der Waals surface area (Å²) in [6, 6.07) is 75.8. The third-order valence-corrected chi connectivity index (χ3v) is 11.6. The van der Waals surface area contributed by atoms with Crippen LogP contribution < -0.4 is 4.90 Å². The van der Waals surface area contributed by atoms with Gasteiger partial charge in [0.25, 0.3) is 0 Å². The summed E-state index contributed by atoms with van der Waals surface area (Å²) in [7, 11) is 0. The summed E-state index contributed by atoms with van der Waals surface area (Å²) < 4.78 is 0. The standard InChI is InChI=1S/C55H41N/c1-5-18-40(19-6-1)43-22-17-27-47(38-43)56(46-34-32-42(33-35-46)50-29-14-13-28-49(50)41-20-7-2-8-21-41)48-36-37-52-51-30-15-16-31-53(51)55(54(52)39-48,44-23-9-3-10-24-44)45-25-11-4-12-26-45/h2-5,7-39H,1,6H2. The highest BCUT2D eigenvalue weighted by Crippen LogP contribution is 2.57. The highest BCUT2D eigenvalue weighted by atomic mass is 15.1. The molecule has 0 amide bonds. The molecule has 0 saturated heterocycles. The van der Waals surface area contributed by atoms with E-state index in [0.717, 1.165) is 29.9 Å². The lowest BCUT2D eigenvalue weighted by Gasteiger charge is -2.35. The van der Waals surface area contributed by atoms with Gasteiger partial charge in [-0.1, -0.05) is 188 Å². The number of nitrogens with zero attached hydrogens (tertiary/aromatic N) is 1. The third kappa shape index (κ3) is 5.72. The monoisotopic (exact) mass is 715 g/mol. The number of fused-ring (bicyclic) bond motifs is 3. The maximum Gasteiger partial charge on any atom is 0.0714 e. The number of benzene rings is 8. The Balaban J connectivity index is 1.17. The predicted octanol–water partition coefficient (Wildman–Crippen LogP) is 14.6. The van der Waals surface area contributed by atoms with Crippen molar-refractivity contribution in [2.45, 2.75) is 18.3 Å². The van der Waals surface area contributed by atoms with Crippen molar-refractivity contribution < 1.29 is 0 Å². The van der Waals surface area contributed by atoms with E-state index in [1.165, 1.54) is 66.8 Å². The van der Waals surface area contributed by atoms with Gasteiger partial charge in [0.2, 0.25) is 0 Å². The topological polar surface area (TPSA) is 3.24 Å². The molecule has 0 heterocycles. The van der Waals surface area contributed by atoms with Crippen LogP contribution in [0.5, 0.6) is 0 Å². The van der Waals surface area contributed by atoms with Gasteiger partial charge in [-0.3, -0.25) is 0 Å². The van der Waals surface area contributed by atoms with Gasteiger partial charge in [-0.25, -0.2) is 0 Å². The van der Waals surface area contributed by atoms with E-state index in [0.29, 0.717) is 0 Å². The number of anilines is 3. The molecular formula is C55H41N. The lowest BCUT2D eigenvalue weighted by molar-refractivity contribution is 0.768. The van der Waals surface area contributed by atoms with Gasteiger partial charge in [0, 0.05) is 17.1 Å². The zero-order chi connectivity index (χ0) is 37.3. The molecule has 0 aliphatic heterocycles. The van der Waals surface area contributed by atoms with Crippen molar-refractivity contribution in [1.82, 2.24) is 0 Å². The van der Waals surface area contributed by atoms with Crippen LogP contribution in [0.25, 0.3) is 39.0 Å². The predicted molar refractivity (Wildman–Crippen MR) is 236 cm³/mol. The Bertz CT molecular complexity index is 2680. The molecular weight excluding hydrogens is 675 g/mol. The second kappa shape index (κ2) is 14.4. The minimum atomic E-state index is -0.485. The Morgan fingerprint density at radius 3 is 1.55 bits per heavy atom. The molecule has 10 rings (SSSR count). The molecule has 1 nitrogen and oxygen atoms in total. The van der Waals surface area contributed by atoms with Crippen molar-refractivity contribution >= 4 is 22.6 Å². The SMILES string of the molecule is C1=CC(c2cccc(N(c3ccc(-c4ccccc4-c4ccccc4)cc3)c3ccc4c(c3)C(c3ccccc3)(c3ccccc3)c3ccccc3-4)c2)=CCC1. The van der Waals surface area contributed by atoms with Crippen molar-refractivity contribution in [3.05, 3.63) is 252 Å². The highest BCUT2D eigenvalue weighted by Gasteiger charge is 2.46.